The third-order valence-corrected chi connectivity index (χ3v) is 4.68. The Bertz CT molecular complexity index is 375. The number of esters is 1. The van der Waals surface area contributed by atoms with E-state index in [9.17, 15) is 18.0 Å². The van der Waals surface area contributed by atoms with Crippen molar-refractivity contribution in [3.05, 3.63) is 0 Å². The van der Waals surface area contributed by atoms with Crippen molar-refractivity contribution in [3.8, 4) is 0 Å². The number of methoxy groups -OCH3 is 1. The highest BCUT2D eigenvalue weighted by Crippen LogP contribution is 2.19. The summed E-state index contributed by atoms with van der Waals surface area (Å²) in [5.41, 5.74) is 0. The number of sulfone groups is 1. The van der Waals surface area contributed by atoms with Crippen LogP contribution in [0.4, 0.5) is 0 Å². The summed E-state index contributed by atoms with van der Waals surface area (Å²) in [5, 5.41) is 1.26. The molecule has 92 valence electrons. The molecule has 1 heterocycles. The number of hydrogen-bond acceptors (Lipinski definition) is 5. The van der Waals surface area contributed by atoms with Gasteiger partial charge in [-0.3, -0.25) is 9.59 Å². The van der Waals surface area contributed by atoms with Gasteiger partial charge in [-0.2, -0.15) is 0 Å². The quantitative estimate of drug-likeness (QED) is 0.664. The van der Waals surface area contributed by atoms with E-state index in [0.717, 1.165) is 6.42 Å². The number of amides is 1. The van der Waals surface area contributed by atoms with Gasteiger partial charge < -0.3 is 10.1 Å². The fourth-order valence-electron chi connectivity index (χ4n) is 1.59. The molecule has 0 spiro atoms. The molecule has 1 rings (SSSR count). The first kappa shape index (κ1) is 13.0. The second kappa shape index (κ2) is 5.29. The van der Waals surface area contributed by atoms with Crippen molar-refractivity contribution in [1.29, 1.82) is 0 Å². The predicted octanol–water partition coefficient (Wildman–Crippen LogP) is -0.757. The van der Waals surface area contributed by atoms with E-state index >= 15 is 0 Å². The normalized spacial score (nSPS) is 23.4. The van der Waals surface area contributed by atoms with Gasteiger partial charge in [0.1, 0.15) is 11.8 Å². The van der Waals surface area contributed by atoms with E-state index in [0.29, 0.717) is 12.8 Å². The second-order valence-corrected chi connectivity index (χ2v) is 5.95. The SMILES string of the molecule is COC(=O)CNC(=O)C1CCCCS1(=O)=O. The van der Waals surface area contributed by atoms with Crippen LogP contribution in [0.25, 0.3) is 0 Å². The molecule has 1 saturated heterocycles. The average molecular weight is 249 g/mol. The van der Waals surface area contributed by atoms with Gasteiger partial charge in [0, 0.05) is 0 Å². The molecule has 1 atom stereocenters. The van der Waals surface area contributed by atoms with E-state index in [1.165, 1.54) is 7.11 Å². The van der Waals surface area contributed by atoms with E-state index in [4.69, 9.17) is 0 Å². The third kappa shape index (κ3) is 3.19. The van der Waals surface area contributed by atoms with Gasteiger partial charge in [-0.15, -0.1) is 0 Å². The van der Waals surface area contributed by atoms with Gasteiger partial charge in [-0.1, -0.05) is 6.42 Å². The number of carbonyl (C=O) groups excluding carboxylic acids is 2. The molecule has 0 aromatic carbocycles. The van der Waals surface area contributed by atoms with Gasteiger partial charge in [0.15, 0.2) is 9.84 Å². The number of ether oxygens (including phenoxy) is 1. The van der Waals surface area contributed by atoms with Crippen LogP contribution in [0.2, 0.25) is 0 Å². The zero-order chi connectivity index (χ0) is 12.2. The topological polar surface area (TPSA) is 89.5 Å². The average Bonchev–Trinajstić information content (AvgIpc) is 2.24. The molecule has 0 aliphatic carbocycles. The summed E-state index contributed by atoms with van der Waals surface area (Å²) in [6.45, 7) is -0.290. The Balaban J connectivity index is 2.56. The van der Waals surface area contributed by atoms with Crippen LogP contribution in [0, 0.1) is 0 Å². The molecule has 1 unspecified atom stereocenters. The van der Waals surface area contributed by atoms with E-state index < -0.39 is 27.0 Å². The molecule has 7 heteroatoms. The minimum atomic E-state index is -3.34. The van der Waals surface area contributed by atoms with Crippen LogP contribution in [0.1, 0.15) is 19.3 Å². The minimum Gasteiger partial charge on any atom is -0.468 e. The number of rotatable bonds is 3. The van der Waals surface area contributed by atoms with Gasteiger partial charge in [0.05, 0.1) is 12.9 Å². The van der Waals surface area contributed by atoms with Crippen LogP contribution in [0.15, 0.2) is 0 Å². The molecule has 1 aliphatic rings. The highest BCUT2D eigenvalue weighted by Gasteiger charge is 2.34. The van der Waals surface area contributed by atoms with E-state index in [1.807, 2.05) is 0 Å². The molecule has 0 aromatic heterocycles. The Morgan fingerprint density at radius 3 is 2.62 bits per heavy atom. The lowest BCUT2D eigenvalue weighted by Crippen LogP contribution is -2.44. The van der Waals surface area contributed by atoms with Crippen LogP contribution in [0.5, 0.6) is 0 Å². The summed E-state index contributed by atoms with van der Waals surface area (Å²) < 4.78 is 27.5. The third-order valence-electron chi connectivity index (χ3n) is 2.51. The van der Waals surface area contributed by atoms with Crippen molar-refractivity contribution in [3.63, 3.8) is 0 Å². The van der Waals surface area contributed by atoms with Gasteiger partial charge in [0.25, 0.3) is 0 Å². The Morgan fingerprint density at radius 1 is 1.38 bits per heavy atom. The molecular weight excluding hydrogens is 234 g/mol. The standard InChI is InChI=1S/C9H15NO5S/c1-15-8(11)6-10-9(12)7-4-2-3-5-16(7,13)14/h7H,2-6H2,1H3,(H,10,12). The lowest BCUT2D eigenvalue weighted by molar-refractivity contribution is -0.141. The first-order chi connectivity index (χ1) is 7.47. The molecule has 0 saturated carbocycles. The molecule has 16 heavy (non-hydrogen) atoms. The first-order valence-corrected chi connectivity index (χ1v) is 6.75. The molecule has 1 amide bonds. The fourth-order valence-corrected chi connectivity index (χ4v) is 3.42. The van der Waals surface area contributed by atoms with Crippen LogP contribution < -0.4 is 5.32 Å². The number of nitrogens with one attached hydrogen (secondary N) is 1. The van der Waals surface area contributed by atoms with Crippen LogP contribution in [-0.4, -0.2) is 45.0 Å². The van der Waals surface area contributed by atoms with Crippen molar-refractivity contribution in [2.24, 2.45) is 0 Å². The number of hydrogen-bond donors (Lipinski definition) is 1. The van der Waals surface area contributed by atoms with Crippen molar-refractivity contribution in [1.82, 2.24) is 5.32 Å². The van der Waals surface area contributed by atoms with E-state index in [1.54, 1.807) is 0 Å². The summed E-state index contributed by atoms with van der Waals surface area (Å²) in [4.78, 5) is 22.3. The van der Waals surface area contributed by atoms with Crippen molar-refractivity contribution in [2.75, 3.05) is 19.4 Å². The number of carbonyl (C=O) groups is 2. The van der Waals surface area contributed by atoms with Gasteiger partial charge in [-0.05, 0) is 12.8 Å². The Labute approximate surface area is 94.3 Å². The molecule has 1 N–H and O–H groups in total. The smallest absolute Gasteiger partial charge is 0.325 e. The summed E-state index contributed by atoms with van der Waals surface area (Å²) in [6, 6.07) is 0. The van der Waals surface area contributed by atoms with Gasteiger partial charge in [-0.25, -0.2) is 8.42 Å². The van der Waals surface area contributed by atoms with Crippen LogP contribution in [0.3, 0.4) is 0 Å². The monoisotopic (exact) mass is 249 g/mol. The molecular formula is C9H15NO5S. The summed E-state index contributed by atoms with van der Waals surface area (Å²) in [5.74, 6) is -1.16. The maximum absolute atomic E-state index is 11.6. The first-order valence-electron chi connectivity index (χ1n) is 5.03. The highest BCUT2D eigenvalue weighted by atomic mass is 32.2. The van der Waals surface area contributed by atoms with Crippen molar-refractivity contribution in [2.45, 2.75) is 24.5 Å². The van der Waals surface area contributed by atoms with Crippen molar-refractivity contribution < 1.29 is 22.7 Å². The maximum Gasteiger partial charge on any atom is 0.325 e. The second-order valence-electron chi connectivity index (χ2n) is 3.65. The zero-order valence-corrected chi connectivity index (χ0v) is 9.88. The summed E-state index contributed by atoms with van der Waals surface area (Å²) in [6.07, 6.45) is 1.65. The zero-order valence-electron chi connectivity index (χ0n) is 9.06. The molecule has 1 aliphatic heterocycles. The predicted molar refractivity (Wildman–Crippen MR) is 56.5 cm³/mol. The van der Waals surface area contributed by atoms with E-state index in [2.05, 4.69) is 10.1 Å². The van der Waals surface area contributed by atoms with Crippen molar-refractivity contribution >= 4 is 21.7 Å². The minimum absolute atomic E-state index is 0.0450. The molecule has 6 nitrogen and oxygen atoms in total. The molecule has 0 bridgehead atoms. The lowest BCUT2D eigenvalue weighted by atomic mass is 10.2. The fraction of sp³-hybridized carbons (Fsp3) is 0.778. The molecule has 1 fully saturated rings. The molecule has 0 aromatic rings. The van der Waals surface area contributed by atoms with Crippen LogP contribution in [-0.2, 0) is 24.2 Å². The largest absolute Gasteiger partial charge is 0.468 e. The molecule has 0 radical (unpaired) electrons. The van der Waals surface area contributed by atoms with E-state index in [-0.39, 0.29) is 12.3 Å². The maximum atomic E-state index is 11.6. The summed E-state index contributed by atoms with van der Waals surface area (Å²) >= 11 is 0. The summed E-state index contributed by atoms with van der Waals surface area (Å²) in [7, 11) is -2.14. The highest BCUT2D eigenvalue weighted by molar-refractivity contribution is 7.92. The van der Waals surface area contributed by atoms with Crippen LogP contribution >= 0.6 is 0 Å². The lowest BCUT2D eigenvalue weighted by Gasteiger charge is -2.21. The van der Waals surface area contributed by atoms with Gasteiger partial charge in [0.2, 0.25) is 5.91 Å². The Hall–Kier alpha value is -1.11. The van der Waals surface area contributed by atoms with Gasteiger partial charge >= 0.3 is 5.97 Å². The Kier molecular flexibility index (Phi) is 4.28. The Morgan fingerprint density at radius 2 is 2.06 bits per heavy atom.